The molecule has 0 aromatic carbocycles. The summed E-state index contributed by atoms with van der Waals surface area (Å²) in [5.41, 5.74) is 0. The first kappa shape index (κ1) is 43.2. The fraction of sp³-hybridized carbons (Fsp3) is 0.972. The fourth-order valence-corrected chi connectivity index (χ4v) is 6.18. The molecule has 1 rings (SSSR count). The first-order chi connectivity index (χ1) is 22.3. The van der Waals surface area contributed by atoms with Crippen LogP contribution in [0.3, 0.4) is 0 Å². The van der Waals surface area contributed by atoms with E-state index < -0.39 is 55.6 Å². The predicted octanol–water partition coefficient (Wildman–Crippen LogP) is 5.02. The Labute approximate surface area is 279 Å². The van der Waals surface area contributed by atoms with Gasteiger partial charge in [0.15, 0.2) is 6.29 Å². The van der Waals surface area contributed by atoms with Crippen LogP contribution in [-0.4, -0.2) is 98.7 Å². The highest BCUT2D eigenvalue weighted by Crippen LogP contribution is 2.23. The molecule has 0 aromatic heterocycles. The number of ether oxygens (including phenoxy) is 2. The maximum Gasteiger partial charge on any atom is 0.220 e. The molecular formula is C36H71NO9. The number of rotatable bonds is 30. The lowest BCUT2D eigenvalue weighted by Crippen LogP contribution is -2.60. The number of hydrogen-bond donors (Lipinski definition) is 7. The lowest BCUT2D eigenvalue weighted by Gasteiger charge is -2.40. The van der Waals surface area contributed by atoms with E-state index in [1.165, 1.54) is 103 Å². The minimum Gasteiger partial charge on any atom is -0.394 e. The van der Waals surface area contributed by atoms with Gasteiger partial charge in [-0.15, -0.1) is 0 Å². The predicted molar refractivity (Wildman–Crippen MR) is 181 cm³/mol. The summed E-state index contributed by atoms with van der Waals surface area (Å²) >= 11 is 0. The van der Waals surface area contributed by atoms with E-state index in [0.717, 1.165) is 25.7 Å². The van der Waals surface area contributed by atoms with Crippen molar-refractivity contribution in [3.8, 4) is 0 Å². The topological polar surface area (TPSA) is 169 Å². The van der Waals surface area contributed by atoms with Crippen LogP contribution >= 0.6 is 0 Å². The summed E-state index contributed by atoms with van der Waals surface area (Å²) in [6.07, 6.45) is 17.3. The van der Waals surface area contributed by atoms with E-state index in [9.17, 15) is 35.4 Å². The summed E-state index contributed by atoms with van der Waals surface area (Å²) < 4.78 is 10.9. The molecule has 3 unspecified atom stereocenters. The van der Waals surface area contributed by atoms with Crippen molar-refractivity contribution in [3.63, 3.8) is 0 Å². The van der Waals surface area contributed by atoms with Gasteiger partial charge in [-0.05, 0) is 12.8 Å². The Kier molecular flexibility index (Phi) is 26.3. The number of unbranched alkanes of at least 4 members (excludes halogenated alkanes) is 19. The maximum absolute atomic E-state index is 12.7. The number of aliphatic hydroxyl groups excluding tert-OH is 6. The number of carbonyl (C=O) groups is 1. The SMILES string of the molecule is CCCCCCCCCCCCCCCCCCCCCCC(=O)NC(CO[C@H]1O[C@H](CO)[C@H](O)[C@H](O)[C@H]1O)C(O)C(O)CCC. The zero-order valence-electron chi connectivity index (χ0n) is 29.2. The van der Waals surface area contributed by atoms with E-state index >= 15 is 0 Å². The van der Waals surface area contributed by atoms with Gasteiger partial charge in [0, 0.05) is 6.42 Å². The average Bonchev–Trinajstić information content (AvgIpc) is 3.05. The second-order valence-corrected chi connectivity index (χ2v) is 13.5. The van der Waals surface area contributed by atoms with Gasteiger partial charge in [0.2, 0.25) is 5.91 Å². The van der Waals surface area contributed by atoms with Crippen LogP contribution in [0.25, 0.3) is 0 Å². The third-order valence-corrected chi connectivity index (χ3v) is 9.28. The highest BCUT2D eigenvalue weighted by Gasteiger charge is 2.44. The van der Waals surface area contributed by atoms with Crippen LogP contribution in [0.15, 0.2) is 0 Å². The number of amides is 1. The second-order valence-electron chi connectivity index (χ2n) is 13.5. The number of aliphatic hydroxyl groups is 6. The van der Waals surface area contributed by atoms with Crippen molar-refractivity contribution < 1.29 is 44.9 Å². The van der Waals surface area contributed by atoms with Crippen LogP contribution in [0.5, 0.6) is 0 Å². The standard InChI is InChI=1S/C36H71NO9/c1-3-5-6-7-8-9-10-11-12-13-14-15-16-17-18-19-20-21-22-23-25-31(40)37-28(32(41)29(39)24-4-2)27-45-36-35(44)34(43)33(42)30(26-38)46-36/h28-30,32-36,38-39,41-44H,3-27H2,1-2H3,(H,37,40)/t28?,29?,30-,32?,33+,34+,35-,36+/m1/s1. The first-order valence-electron chi connectivity index (χ1n) is 18.8. The van der Waals surface area contributed by atoms with Gasteiger partial charge in [-0.25, -0.2) is 0 Å². The molecule has 0 bridgehead atoms. The monoisotopic (exact) mass is 662 g/mol. The summed E-state index contributed by atoms with van der Waals surface area (Å²) in [6.45, 7) is 3.23. The lowest BCUT2D eigenvalue weighted by molar-refractivity contribution is -0.303. The largest absolute Gasteiger partial charge is 0.394 e. The van der Waals surface area contributed by atoms with Gasteiger partial charge in [-0.3, -0.25) is 4.79 Å². The summed E-state index contributed by atoms with van der Waals surface area (Å²) in [4.78, 5) is 12.7. The molecule has 274 valence electrons. The average molecular weight is 662 g/mol. The van der Waals surface area contributed by atoms with E-state index in [0.29, 0.717) is 12.8 Å². The van der Waals surface area contributed by atoms with Gasteiger partial charge >= 0.3 is 0 Å². The van der Waals surface area contributed by atoms with Gasteiger partial charge in [-0.1, -0.05) is 142 Å². The molecule has 0 radical (unpaired) electrons. The van der Waals surface area contributed by atoms with Crippen LogP contribution in [0.2, 0.25) is 0 Å². The van der Waals surface area contributed by atoms with E-state index in [-0.39, 0.29) is 18.9 Å². The van der Waals surface area contributed by atoms with Crippen LogP contribution in [-0.2, 0) is 14.3 Å². The Hall–Kier alpha value is -0.850. The first-order valence-corrected chi connectivity index (χ1v) is 18.8. The molecule has 1 saturated heterocycles. The van der Waals surface area contributed by atoms with E-state index in [1.54, 1.807) is 0 Å². The minimum atomic E-state index is -1.60. The second kappa shape index (κ2) is 28.0. The third kappa shape index (κ3) is 19.2. The normalized spacial score (nSPS) is 23.7. The zero-order valence-corrected chi connectivity index (χ0v) is 29.2. The highest BCUT2D eigenvalue weighted by atomic mass is 16.7. The number of hydrogen-bond acceptors (Lipinski definition) is 9. The summed E-state index contributed by atoms with van der Waals surface area (Å²) in [6, 6.07) is -0.980. The molecule has 0 saturated carbocycles. The molecule has 1 aliphatic heterocycles. The molecule has 0 spiro atoms. The maximum atomic E-state index is 12.7. The summed E-state index contributed by atoms with van der Waals surface area (Å²) in [5.74, 6) is -0.271. The highest BCUT2D eigenvalue weighted by molar-refractivity contribution is 5.76. The molecule has 10 nitrogen and oxygen atoms in total. The van der Waals surface area contributed by atoms with E-state index in [2.05, 4.69) is 12.2 Å². The summed E-state index contributed by atoms with van der Waals surface area (Å²) in [5, 5.41) is 63.4. The molecule has 46 heavy (non-hydrogen) atoms. The zero-order chi connectivity index (χ0) is 34.0. The van der Waals surface area contributed by atoms with E-state index in [4.69, 9.17) is 9.47 Å². The number of carbonyl (C=O) groups excluding carboxylic acids is 1. The van der Waals surface area contributed by atoms with Crippen molar-refractivity contribution in [2.24, 2.45) is 0 Å². The van der Waals surface area contributed by atoms with Gasteiger partial charge in [0.05, 0.1) is 25.4 Å². The van der Waals surface area contributed by atoms with Crippen molar-refractivity contribution in [2.45, 2.75) is 210 Å². The molecule has 0 aromatic rings. The molecule has 1 aliphatic rings. The van der Waals surface area contributed by atoms with Gasteiger partial charge < -0.3 is 45.4 Å². The molecule has 1 fully saturated rings. The fourth-order valence-electron chi connectivity index (χ4n) is 6.18. The smallest absolute Gasteiger partial charge is 0.220 e. The van der Waals surface area contributed by atoms with Crippen LogP contribution in [0, 0.1) is 0 Å². The van der Waals surface area contributed by atoms with Gasteiger partial charge in [0.1, 0.15) is 30.5 Å². The molecule has 10 heteroatoms. The Balaban J connectivity index is 2.17. The molecule has 1 amide bonds. The van der Waals surface area contributed by atoms with Crippen molar-refractivity contribution in [3.05, 3.63) is 0 Å². The van der Waals surface area contributed by atoms with Gasteiger partial charge in [0.25, 0.3) is 0 Å². The van der Waals surface area contributed by atoms with E-state index in [1.807, 2.05) is 6.92 Å². The van der Waals surface area contributed by atoms with Gasteiger partial charge in [-0.2, -0.15) is 0 Å². The lowest BCUT2D eigenvalue weighted by atomic mass is 9.99. The van der Waals surface area contributed by atoms with Crippen LogP contribution in [0.1, 0.15) is 162 Å². The van der Waals surface area contributed by atoms with Crippen molar-refractivity contribution in [1.82, 2.24) is 5.32 Å². The minimum absolute atomic E-state index is 0.271. The summed E-state index contributed by atoms with van der Waals surface area (Å²) in [7, 11) is 0. The molecular weight excluding hydrogens is 590 g/mol. The Bertz CT molecular complexity index is 713. The van der Waals surface area contributed by atoms with Crippen molar-refractivity contribution in [1.29, 1.82) is 0 Å². The molecule has 8 atom stereocenters. The number of nitrogens with one attached hydrogen (secondary N) is 1. The quantitative estimate of drug-likeness (QED) is 0.0523. The Morgan fingerprint density at radius 2 is 1.13 bits per heavy atom. The van der Waals surface area contributed by atoms with Crippen molar-refractivity contribution >= 4 is 5.91 Å². The molecule has 0 aliphatic carbocycles. The molecule has 1 heterocycles. The van der Waals surface area contributed by atoms with Crippen LogP contribution in [0.4, 0.5) is 0 Å². The Morgan fingerprint density at radius 1 is 0.674 bits per heavy atom. The van der Waals surface area contributed by atoms with Crippen LogP contribution < -0.4 is 5.32 Å². The molecule has 7 N–H and O–H groups in total. The third-order valence-electron chi connectivity index (χ3n) is 9.28. The van der Waals surface area contributed by atoms with Crippen molar-refractivity contribution in [2.75, 3.05) is 13.2 Å². The Morgan fingerprint density at radius 3 is 1.57 bits per heavy atom.